The summed E-state index contributed by atoms with van der Waals surface area (Å²) >= 11 is 0. The maximum atomic E-state index is 5.86. The Balaban J connectivity index is 2.16. The monoisotopic (exact) mass is 278 g/mol. The van der Waals surface area contributed by atoms with Crippen LogP contribution in [0.15, 0.2) is 24.3 Å². The number of hydrogen-bond donors (Lipinski definition) is 1. The minimum absolute atomic E-state index is 0.00874. The van der Waals surface area contributed by atoms with Crippen LogP contribution in [0.3, 0.4) is 0 Å². The van der Waals surface area contributed by atoms with Crippen molar-refractivity contribution in [2.75, 3.05) is 20.3 Å². The second kappa shape index (κ2) is 6.59. The summed E-state index contributed by atoms with van der Waals surface area (Å²) in [5, 5.41) is 0. The molecule has 0 aliphatic carbocycles. The molecule has 1 heterocycles. The van der Waals surface area contributed by atoms with Gasteiger partial charge in [0.05, 0.1) is 19.3 Å². The fraction of sp³-hybridized carbons (Fsp3) is 0.647. The molecule has 0 saturated carbocycles. The van der Waals surface area contributed by atoms with E-state index in [1.807, 2.05) is 0 Å². The fourth-order valence-electron chi connectivity index (χ4n) is 3.37. The predicted octanol–water partition coefficient (Wildman–Crippen LogP) is 2.62. The highest BCUT2D eigenvalue weighted by molar-refractivity contribution is 5.30. The maximum Gasteiger partial charge on any atom is 0.118 e. The number of hydrogen-bond acceptors (Lipinski definition) is 2. The third kappa shape index (κ3) is 3.74. The summed E-state index contributed by atoms with van der Waals surface area (Å²) < 4.78 is 11.1. The van der Waals surface area contributed by atoms with Crippen molar-refractivity contribution in [3.05, 3.63) is 29.8 Å². The third-order valence-electron chi connectivity index (χ3n) is 4.36. The highest BCUT2D eigenvalue weighted by atomic mass is 16.5. The predicted molar refractivity (Wildman–Crippen MR) is 80.9 cm³/mol. The zero-order valence-corrected chi connectivity index (χ0v) is 13.0. The first-order valence-electron chi connectivity index (χ1n) is 7.63. The highest BCUT2D eigenvalue weighted by Gasteiger charge is 2.34. The van der Waals surface area contributed by atoms with Gasteiger partial charge in [-0.1, -0.05) is 12.1 Å². The molecule has 1 aromatic carbocycles. The molecule has 1 aliphatic heterocycles. The van der Waals surface area contributed by atoms with Gasteiger partial charge in [0, 0.05) is 13.0 Å². The first-order valence-corrected chi connectivity index (χ1v) is 7.63. The van der Waals surface area contributed by atoms with Gasteiger partial charge in [-0.2, -0.15) is 0 Å². The lowest BCUT2D eigenvalue weighted by Gasteiger charge is -2.39. The number of methoxy groups -OCH3 is 1. The van der Waals surface area contributed by atoms with E-state index in [0.29, 0.717) is 11.8 Å². The minimum atomic E-state index is 0.00874. The molecule has 0 bridgehead atoms. The van der Waals surface area contributed by atoms with Crippen molar-refractivity contribution in [1.82, 2.24) is 0 Å². The standard InChI is InChI=1S/C17H27NO2/c1-17(2)12-14(9-11-20-17)16(8-10-18)13-4-6-15(19-3)7-5-13/h4-7,14,16H,8-12,18H2,1-3H3/p+1/t14-,16-/m0/s1. The summed E-state index contributed by atoms with van der Waals surface area (Å²) in [7, 11) is 1.71. The molecule has 1 aliphatic rings. The molecule has 20 heavy (non-hydrogen) atoms. The van der Waals surface area contributed by atoms with Crippen LogP contribution in [0, 0.1) is 5.92 Å². The fourth-order valence-corrected chi connectivity index (χ4v) is 3.37. The van der Waals surface area contributed by atoms with Crippen LogP contribution in [-0.4, -0.2) is 25.9 Å². The molecule has 3 heteroatoms. The van der Waals surface area contributed by atoms with E-state index >= 15 is 0 Å². The van der Waals surface area contributed by atoms with Gasteiger partial charge in [0.15, 0.2) is 0 Å². The van der Waals surface area contributed by atoms with Crippen LogP contribution in [0.25, 0.3) is 0 Å². The largest absolute Gasteiger partial charge is 0.497 e. The summed E-state index contributed by atoms with van der Waals surface area (Å²) in [5.41, 5.74) is 5.48. The first kappa shape index (κ1) is 15.3. The van der Waals surface area contributed by atoms with Crippen LogP contribution in [0.2, 0.25) is 0 Å². The second-order valence-electron chi connectivity index (χ2n) is 6.38. The third-order valence-corrected chi connectivity index (χ3v) is 4.36. The Morgan fingerprint density at radius 2 is 2.05 bits per heavy atom. The average molecular weight is 278 g/mol. The van der Waals surface area contributed by atoms with Crippen molar-refractivity contribution in [2.45, 2.75) is 44.6 Å². The number of benzene rings is 1. The molecule has 112 valence electrons. The van der Waals surface area contributed by atoms with Crippen molar-refractivity contribution in [2.24, 2.45) is 5.92 Å². The van der Waals surface area contributed by atoms with Gasteiger partial charge in [0.25, 0.3) is 0 Å². The van der Waals surface area contributed by atoms with Gasteiger partial charge >= 0.3 is 0 Å². The molecular formula is C17H28NO2+. The van der Waals surface area contributed by atoms with E-state index in [-0.39, 0.29) is 5.60 Å². The molecule has 3 N–H and O–H groups in total. The Kier molecular flexibility index (Phi) is 5.06. The average Bonchev–Trinajstić information content (AvgIpc) is 2.44. The zero-order valence-electron chi connectivity index (χ0n) is 13.0. The Morgan fingerprint density at radius 1 is 1.35 bits per heavy atom. The number of rotatable bonds is 5. The topological polar surface area (TPSA) is 46.1 Å². The van der Waals surface area contributed by atoms with Crippen LogP contribution < -0.4 is 10.5 Å². The van der Waals surface area contributed by atoms with E-state index in [9.17, 15) is 0 Å². The van der Waals surface area contributed by atoms with E-state index in [4.69, 9.17) is 9.47 Å². The molecule has 0 radical (unpaired) electrons. The molecule has 2 atom stereocenters. The van der Waals surface area contributed by atoms with Gasteiger partial charge in [0.2, 0.25) is 0 Å². The summed E-state index contributed by atoms with van der Waals surface area (Å²) in [6.45, 7) is 6.26. The van der Waals surface area contributed by atoms with E-state index in [1.165, 1.54) is 5.56 Å². The van der Waals surface area contributed by atoms with Crippen LogP contribution in [0.4, 0.5) is 0 Å². The molecule has 1 fully saturated rings. The summed E-state index contributed by atoms with van der Waals surface area (Å²) in [6.07, 6.45) is 3.43. The smallest absolute Gasteiger partial charge is 0.118 e. The molecule has 1 aromatic rings. The van der Waals surface area contributed by atoms with Crippen LogP contribution in [-0.2, 0) is 4.74 Å². The maximum absolute atomic E-state index is 5.86. The molecule has 1 saturated heterocycles. The second-order valence-corrected chi connectivity index (χ2v) is 6.38. The lowest BCUT2D eigenvalue weighted by Crippen LogP contribution is -2.51. The number of quaternary nitrogens is 1. The van der Waals surface area contributed by atoms with Gasteiger partial charge in [-0.15, -0.1) is 0 Å². The molecule has 3 nitrogen and oxygen atoms in total. The normalized spacial score (nSPS) is 23.3. The quantitative estimate of drug-likeness (QED) is 0.900. The summed E-state index contributed by atoms with van der Waals surface area (Å²) in [5.74, 6) is 2.20. The van der Waals surface area contributed by atoms with E-state index in [0.717, 1.165) is 38.2 Å². The molecule has 0 spiro atoms. The first-order chi connectivity index (χ1) is 9.55. The van der Waals surface area contributed by atoms with Gasteiger partial charge in [0.1, 0.15) is 5.75 Å². The van der Waals surface area contributed by atoms with Gasteiger partial charge < -0.3 is 15.2 Å². The lowest BCUT2D eigenvalue weighted by molar-refractivity contribution is -0.369. The van der Waals surface area contributed by atoms with Crippen LogP contribution in [0.1, 0.15) is 44.6 Å². The molecule has 0 unspecified atom stereocenters. The Bertz CT molecular complexity index is 414. The Hall–Kier alpha value is -1.06. The van der Waals surface area contributed by atoms with Crippen LogP contribution >= 0.6 is 0 Å². The molecule has 0 amide bonds. The van der Waals surface area contributed by atoms with Gasteiger partial charge in [-0.3, -0.25) is 0 Å². The van der Waals surface area contributed by atoms with Crippen molar-refractivity contribution < 1.29 is 15.2 Å². The van der Waals surface area contributed by atoms with E-state index in [1.54, 1.807) is 7.11 Å². The zero-order chi connectivity index (χ0) is 14.6. The van der Waals surface area contributed by atoms with Crippen molar-refractivity contribution in [3.63, 3.8) is 0 Å². The van der Waals surface area contributed by atoms with E-state index in [2.05, 4.69) is 43.8 Å². The summed E-state index contributed by atoms with van der Waals surface area (Å²) in [4.78, 5) is 0. The van der Waals surface area contributed by atoms with E-state index < -0.39 is 0 Å². The SMILES string of the molecule is COc1ccc([C@H](CC[NH3+])[C@H]2CCOC(C)(C)C2)cc1. The molecule has 2 rings (SSSR count). The molecular weight excluding hydrogens is 250 g/mol. The van der Waals surface area contributed by atoms with Crippen LogP contribution in [0.5, 0.6) is 5.75 Å². The highest BCUT2D eigenvalue weighted by Crippen LogP contribution is 2.39. The van der Waals surface area contributed by atoms with Gasteiger partial charge in [-0.05, 0) is 56.2 Å². The number of ether oxygens (including phenoxy) is 2. The van der Waals surface area contributed by atoms with Crippen molar-refractivity contribution in [3.8, 4) is 5.75 Å². The van der Waals surface area contributed by atoms with Gasteiger partial charge in [-0.25, -0.2) is 0 Å². The Morgan fingerprint density at radius 3 is 2.60 bits per heavy atom. The molecule has 0 aromatic heterocycles. The van der Waals surface area contributed by atoms with Crippen molar-refractivity contribution >= 4 is 0 Å². The Labute approximate surface area is 122 Å². The minimum Gasteiger partial charge on any atom is -0.497 e. The lowest BCUT2D eigenvalue weighted by atomic mass is 9.75. The van der Waals surface area contributed by atoms with Crippen molar-refractivity contribution in [1.29, 1.82) is 0 Å². The summed E-state index contributed by atoms with van der Waals surface area (Å²) in [6, 6.07) is 8.55.